The minimum atomic E-state index is 0.540. The van der Waals surface area contributed by atoms with Crippen LogP contribution >= 0.6 is 0 Å². The summed E-state index contributed by atoms with van der Waals surface area (Å²) in [5.41, 5.74) is 2.29. The Balaban J connectivity index is 2.80. The summed E-state index contributed by atoms with van der Waals surface area (Å²) in [5, 5.41) is 8.75. The van der Waals surface area contributed by atoms with E-state index in [4.69, 9.17) is 5.26 Å². The van der Waals surface area contributed by atoms with Crippen LogP contribution in [0.1, 0.15) is 11.3 Å². The van der Waals surface area contributed by atoms with E-state index in [2.05, 4.69) is 17.6 Å². The first-order valence-electron chi connectivity index (χ1n) is 3.85. The van der Waals surface area contributed by atoms with Gasteiger partial charge in [0.25, 0.3) is 0 Å². The molecule has 2 rings (SSSR count). The van der Waals surface area contributed by atoms with Crippen LogP contribution in [0, 0.1) is 11.3 Å². The van der Waals surface area contributed by atoms with Gasteiger partial charge in [0.1, 0.15) is 17.4 Å². The smallest absolute Gasteiger partial charge is 0.144 e. The Morgan fingerprint density at radius 2 is 2.38 bits per heavy atom. The molecule has 13 heavy (non-hydrogen) atoms. The van der Waals surface area contributed by atoms with Crippen LogP contribution in [-0.4, -0.2) is 9.38 Å². The summed E-state index contributed by atoms with van der Waals surface area (Å²) in [6.07, 6.45) is 5.14. The van der Waals surface area contributed by atoms with Crippen molar-refractivity contribution in [2.75, 3.05) is 0 Å². The van der Waals surface area contributed by atoms with Gasteiger partial charge in [0.15, 0.2) is 0 Å². The van der Waals surface area contributed by atoms with E-state index in [0.717, 1.165) is 11.2 Å². The fraction of sp³-hybridized carbons (Fsp3) is 0. The minimum absolute atomic E-state index is 0.540. The van der Waals surface area contributed by atoms with Gasteiger partial charge < -0.3 is 0 Å². The summed E-state index contributed by atoms with van der Waals surface area (Å²) >= 11 is 0. The highest BCUT2D eigenvalue weighted by atomic mass is 15.0. The molecule has 2 aromatic heterocycles. The van der Waals surface area contributed by atoms with E-state index in [-0.39, 0.29) is 0 Å². The van der Waals surface area contributed by atoms with Crippen molar-refractivity contribution < 1.29 is 0 Å². The quantitative estimate of drug-likeness (QED) is 0.653. The first-order valence-corrected chi connectivity index (χ1v) is 3.85. The zero-order chi connectivity index (χ0) is 9.26. The largest absolute Gasteiger partial charge is 0.291 e. The Hall–Kier alpha value is -2.08. The SMILES string of the molecule is C=Cc1ccc2ncc(C#N)n2c1. The molecule has 0 radical (unpaired) electrons. The van der Waals surface area contributed by atoms with E-state index in [1.54, 1.807) is 16.7 Å². The fourth-order valence-electron chi connectivity index (χ4n) is 1.20. The van der Waals surface area contributed by atoms with Crippen LogP contribution in [-0.2, 0) is 0 Å². The lowest BCUT2D eigenvalue weighted by Gasteiger charge is -1.96. The molecule has 0 fully saturated rings. The predicted octanol–water partition coefficient (Wildman–Crippen LogP) is 1.85. The van der Waals surface area contributed by atoms with Gasteiger partial charge >= 0.3 is 0 Å². The second kappa shape index (κ2) is 2.76. The van der Waals surface area contributed by atoms with Crippen LogP contribution in [0.4, 0.5) is 0 Å². The molecular weight excluding hydrogens is 162 g/mol. The number of nitriles is 1. The topological polar surface area (TPSA) is 41.1 Å². The summed E-state index contributed by atoms with van der Waals surface area (Å²) in [4.78, 5) is 4.07. The summed E-state index contributed by atoms with van der Waals surface area (Å²) in [7, 11) is 0. The maximum absolute atomic E-state index is 8.75. The molecule has 0 spiro atoms. The third-order valence-corrected chi connectivity index (χ3v) is 1.88. The number of rotatable bonds is 1. The van der Waals surface area contributed by atoms with Gasteiger partial charge in [0, 0.05) is 6.20 Å². The van der Waals surface area contributed by atoms with Gasteiger partial charge in [-0.15, -0.1) is 0 Å². The zero-order valence-electron chi connectivity index (χ0n) is 6.94. The molecule has 3 heteroatoms. The Labute approximate surface area is 75.6 Å². The molecule has 0 aliphatic heterocycles. The lowest BCUT2D eigenvalue weighted by Crippen LogP contribution is -1.88. The number of imidazole rings is 1. The fourth-order valence-corrected chi connectivity index (χ4v) is 1.20. The van der Waals surface area contributed by atoms with Crippen LogP contribution in [0.25, 0.3) is 11.7 Å². The molecule has 0 saturated carbocycles. The monoisotopic (exact) mass is 169 g/mol. The average molecular weight is 169 g/mol. The van der Waals surface area contributed by atoms with Crippen LogP contribution in [0.15, 0.2) is 31.1 Å². The number of fused-ring (bicyclic) bond motifs is 1. The standard InChI is InChI=1S/C10H7N3/c1-2-8-3-4-10-12-6-9(5-11)13(10)7-8/h2-4,6-7H,1H2. The zero-order valence-corrected chi connectivity index (χ0v) is 6.94. The molecule has 0 aromatic carbocycles. The summed E-state index contributed by atoms with van der Waals surface area (Å²) in [5.74, 6) is 0. The third-order valence-electron chi connectivity index (χ3n) is 1.88. The van der Waals surface area contributed by atoms with E-state index in [1.807, 2.05) is 18.3 Å². The molecule has 0 N–H and O–H groups in total. The van der Waals surface area contributed by atoms with Crippen molar-refractivity contribution in [1.29, 1.82) is 5.26 Å². The highest BCUT2D eigenvalue weighted by Gasteiger charge is 2.00. The molecule has 0 bridgehead atoms. The van der Waals surface area contributed by atoms with Gasteiger partial charge in [-0.1, -0.05) is 12.7 Å². The first-order chi connectivity index (χ1) is 6.35. The predicted molar refractivity (Wildman–Crippen MR) is 50.0 cm³/mol. The second-order valence-corrected chi connectivity index (χ2v) is 2.65. The summed E-state index contributed by atoms with van der Waals surface area (Å²) in [6.45, 7) is 3.66. The van der Waals surface area contributed by atoms with Gasteiger partial charge in [0.2, 0.25) is 0 Å². The van der Waals surface area contributed by atoms with Crippen molar-refractivity contribution in [3.8, 4) is 6.07 Å². The highest BCUT2D eigenvalue weighted by molar-refractivity contribution is 5.52. The summed E-state index contributed by atoms with van der Waals surface area (Å²) < 4.78 is 1.75. The van der Waals surface area contributed by atoms with Crippen LogP contribution in [0.3, 0.4) is 0 Å². The number of hydrogen-bond donors (Lipinski definition) is 0. The van der Waals surface area contributed by atoms with Crippen LogP contribution in [0.2, 0.25) is 0 Å². The van der Waals surface area contributed by atoms with Gasteiger partial charge in [-0.2, -0.15) is 5.26 Å². The first kappa shape index (κ1) is 7.56. The van der Waals surface area contributed by atoms with Crippen molar-refractivity contribution in [3.63, 3.8) is 0 Å². The van der Waals surface area contributed by atoms with Crippen LogP contribution < -0.4 is 0 Å². The van der Waals surface area contributed by atoms with E-state index < -0.39 is 0 Å². The van der Waals surface area contributed by atoms with Crippen molar-refractivity contribution >= 4 is 11.7 Å². The number of pyridine rings is 1. The van der Waals surface area contributed by atoms with E-state index >= 15 is 0 Å². The van der Waals surface area contributed by atoms with Gasteiger partial charge in [-0.3, -0.25) is 4.40 Å². The molecule has 2 heterocycles. The molecule has 3 nitrogen and oxygen atoms in total. The lowest BCUT2D eigenvalue weighted by atomic mass is 10.3. The van der Waals surface area contributed by atoms with Crippen molar-refractivity contribution in [3.05, 3.63) is 42.4 Å². The average Bonchev–Trinajstić information content (AvgIpc) is 2.59. The molecule has 0 aliphatic carbocycles. The normalized spacial score (nSPS) is 9.77. The maximum atomic E-state index is 8.75. The molecule has 0 saturated heterocycles. The third kappa shape index (κ3) is 1.09. The van der Waals surface area contributed by atoms with Gasteiger partial charge in [-0.05, 0) is 17.7 Å². The molecule has 0 amide bonds. The summed E-state index contributed by atoms with van der Waals surface area (Å²) in [6, 6.07) is 5.84. The maximum Gasteiger partial charge on any atom is 0.144 e. The Morgan fingerprint density at radius 1 is 1.54 bits per heavy atom. The molecule has 62 valence electrons. The van der Waals surface area contributed by atoms with Crippen molar-refractivity contribution in [1.82, 2.24) is 9.38 Å². The van der Waals surface area contributed by atoms with Crippen molar-refractivity contribution in [2.24, 2.45) is 0 Å². The van der Waals surface area contributed by atoms with Crippen molar-refractivity contribution in [2.45, 2.75) is 0 Å². The van der Waals surface area contributed by atoms with E-state index in [0.29, 0.717) is 5.69 Å². The molecule has 2 aromatic rings. The number of hydrogen-bond acceptors (Lipinski definition) is 2. The second-order valence-electron chi connectivity index (χ2n) is 2.65. The van der Waals surface area contributed by atoms with Gasteiger partial charge in [0.05, 0.1) is 6.20 Å². The number of aromatic nitrogens is 2. The lowest BCUT2D eigenvalue weighted by molar-refractivity contribution is 1.15. The van der Waals surface area contributed by atoms with E-state index in [9.17, 15) is 0 Å². The van der Waals surface area contributed by atoms with Gasteiger partial charge in [-0.25, -0.2) is 4.98 Å². The molecule has 0 unspecified atom stereocenters. The minimum Gasteiger partial charge on any atom is -0.291 e. The Morgan fingerprint density at radius 3 is 3.08 bits per heavy atom. The highest BCUT2D eigenvalue weighted by Crippen LogP contribution is 2.08. The Bertz CT molecular complexity index is 502. The number of nitrogens with zero attached hydrogens (tertiary/aromatic N) is 3. The molecule has 0 atom stereocenters. The molecular formula is C10H7N3. The van der Waals surface area contributed by atoms with Crippen LogP contribution in [0.5, 0.6) is 0 Å². The Kier molecular flexibility index (Phi) is 1.60. The molecule has 0 aliphatic rings. The van der Waals surface area contributed by atoms with E-state index in [1.165, 1.54) is 0 Å².